The van der Waals surface area contributed by atoms with Crippen molar-refractivity contribution in [2.75, 3.05) is 0 Å². The molecule has 2 fully saturated rings. The second kappa shape index (κ2) is 6.88. The minimum absolute atomic E-state index is 0.0683. The van der Waals surface area contributed by atoms with Crippen LogP contribution in [0.25, 0.3) is 0 Å². The highest BCUT2D eigenvalue weighted by Gasteiger charge is 2.51. The first-order valence-corrected chi connectivity index (χ1v) is 8.99. The maximum atomic E-state index is 10.3. The zero-order valence-electron chi connectivity index (χ0n) is 14.8. The lowest BCUT2D eigenvalue weighted by atomic mass is 9.61. The maximum Gasteiger partial charge on any atom is 0.0774 e. The molecule has 2 aliphatic carbocycles. The van der Waals surface area contributed by atoms with E-state index < -0.39 is 5.60 Å². The minimum atomic E-state index is -0.736. The molecule has 2 aliphatic rings. The third-order valence-electron chi connectivity index (χ3n) is 6.11. The van der Waals surface area contributed by atoms with E-state index in [1.807, 2.05) is 12.2 Å². The van der Waals surface area contributed by atoms with Gasteiger partial charge in [0.2, 0.25) is 0 Å². The number of allylic oxidation sites excluding steroid dienone is 3. The van der Waals surface area contributed by atoms with Crippen molar-refractivity contribution in [2.24, 2.45) is 23.2 Å². The largest absolute Gasteiger partial charge is 0.393 e. The van der Waals surface area contributed by atoms with Crippen LogP contribution in [0, 0.1) is 23.2 Å². The molecule has 5 atom stereocenters. The first kappa shape index (κ1) is 17.7. The lowest BCUT2D eigenvalue weighted by Crippen LogP contribution is -2.41. The van der Waals surface area contributed by atoms with E-state index in [1.54, 1.807) is 13.8 Å². The summed E-state index contributed by atoms with van der Waals surface area (Å²) in [5.41, 5.74) is -0.395. The molecule has 2 heteroatoms. The SMILES string of the molecule is C[C@H](CC=CC=CC(C)(C)O)[C@H]1CC[C@H]2[C@@H](O)CCC[C@]12C. The molecular weight excluding hydrogens is 272 g/mol. The van der Waals surface area contributed by atoms with Gasteiger partial charge in [-0.3, -0.25) is 0 Å². The normalized spacial score (nSPS) is 37.8. The van der Waals surface area contributed by atoms with Crippen LogP contribution in [0.5, 0.6) is 0 Å². The van der Waals surface area contributed by atoms with Crippen LogP contribution in [-0.2, 0) is 0 Å². The second-order valence-electron chi connectivity index (χ2n) is 8.41. The molecule has 2 N–H and O–H groups in total. The Kier molecular flexibility index (Phi) is 5.55. The molecule has 2 rings (SSSR count). The summed E-state index contributed by atoms with van der Waals surface area (Å²) in [7, 11) is 0. The van der Waals surface area contributed by atoms with Crippen molar-refractivity contribution in [3.63, 3.8) is 0 Å². The van der Waals surface area contributed by atoms with Crippen molar-refractivity contribution in [3.05, 3.63) is 24.3 Å². The van der Waals surface area contributed by atoms with Gasteiger partial charge in [-0.2, -0.15) is 0 Å². The van der Waals surface area contributed by atoms with Gasteiger partial charge >= 0.3 is 0 Å². The molecule has 0 bridgehead atoms. The van der Waals surface area contributed by atoms with Crippen LogP contribution in [0.1, 0.15) is 66.2 Å². The third-order valence-corrected chi connectivity index (χ3v) is 6.11. The zero-order valence-corrected chi connectivity index (χ0v) is 14.8. The number of hydrogen-bond donors (Lipinski definition) is 2. The molecule has 0 aromatic heterocycles. The molecule has 0 aromatic carbocycles. The van der Waals surface area contributed by atoms with E-state index >= 15 is 0 Å². The highest BCUT2D eigenvalue weighted by molar-refractivity contribution is 5.09. The Morgan fingerprint density at radius 3 is 2.64 bits per heavy atom. The lowest BCUT2D eigenvalue weighted by Gasteiger charge is -2.45. The Hall–Kier alpha value is -0.600. The number of aliphatic hydroxyl groups is 2. The van der Waals surface area contributed by atoms with Crippen LogP contribution in [0.4, 0.5) is 0 Å². The minimum Gasteiger partial charge on any atom is -0.393 e. The number of rotatable bonds is 5. The summed E-state index contributed by atoms with van der Waals surface area (Å²) in [5.74, 6) is 1.91. The first-order chi connectivity index (χ1) is 10.2. The molecule has 0 aromatic rings. The Morgan fingerprint density at radius 2 is 1.95 bits per heavy atom. The fourth-order valence-electron chi connectivity index (χ4n) is 4.95. The van der Waals surface area contributed by atoms with Gasteiger partial charge in [0, 0.05) is 0 Å². The monoisotopic (exact) mass is 306 g/mol. The fourth-order valence-corrected chi connectivity index (χ4v) is 4.95. The third kappa shape index (κ3) is 4.02. The van der Waals surface area contributed by atoms with Crippen LogP contribution < -0.4 is 0 Å². The van der Waals surface area contributed by atoms with Crippen LogP contribution in [-0.4, -0.2) is 21.9 Å². The van der Waals surface area contributed by atoms with Crippen molar-refractivity contribution < 1.29 is 10.2 Å². The zero-order chi connectivity index (χ0) is 16.4. The standard InChI is InChI=1S/C20H34O2/c1-15(9-6-5-7-13-19(2,3)22)16-11-12-17-18(21)10-8-14-20(16,17)4/h5-7,13,15-18,21-22H,8-12,14H2,1-4H3/t15-,16-,17+,18+,20-/m1/s1. The molecule has 0 heterocycles. The van der Waals surface area contributed by atoms with Crippen molar-refractivity contribution in [1.82, 2.24) is 0 Å². The summed E-state index contributed by atoms with van der Waals surface area (Å²) in [6, 6.07) is 0. The van der Waals surface area contributed by atoms with Gasteiger partial charge < -0.3 is 10.2 Å². The number of hydrogen-bond acceptors (Lipinski definition) is 2. The predicted molar refractivity (Wildman–Crippen MR) is 92.5 cm³/mol. The molecule has 2 nitrogen and oxygen atoms in total. The van der Waals surface area contributed by atoms with E-state index in [9.17, 15) is 10.2 Å². The summed E-state index contributed by atoms with van der Waals surface area (Å²) in [4.78, 5) is 0. The van der Waals surface area contributed by atoms with Gasteiger partial charge in [-0.15, -0.1) is 0 Å². The van der Waals surface area contributed by atoms with E-state index in [2.05, 4.69) is 26.0 Å². The Morgan fingerprint density at radius 1 is 1.23 bits per heavy atom. The number of aliphatic hydroxyl groups excluding tert-OH is 1. The number of fused-ring (bicyclic) bond motifs is 1. The van der Waals surface area contributed by atoms with Crippen molar-refractivity contribution in [1.29, 1.82) is 0 Å². The molecule has 0 amide bonds. The van der Waals surface area contributed by atoms with Crippen molar-refractivity contribution in [2.45, 2.75) is 77.9 Å². The summed E-state index contributed by atoms with van der Waals surface area (Å²) in [6.45, 7) is 8.36. The summed E-state index contributed by atoms with van der Waals surface area (Å²) in [5, 5.41) is 20.0. The highest BCUT2D eigenvalue weighted by Crippen LogP contribution is 2.58. The Balaban J connectivity index is 1.92. The molecule has 2 saturated carbocycles. The van der Waals surface area contributed by atoms with Gasteiger partial charge in [-0.1, -0.05) is 44.6 Å². The summed E-state index contributed by atoms with van der Waals surface area (Å²) in [6.07, 6.45) is 15.0. The molecule has 0 radical (unpaired) electrons. The van der Waals surface area contributed by atoms with Crippen molar-refractivity contribution in [3.8, 4) is 0 Å². The van der Waals surface area contributed by atoms with Gasteiger partial charge in [0.05, 0.1) is 11.7 Å². The van der Waals surface area contributed by atoms with E-state index in [0.717, 1.165) is 18.8 Å². The maximum absolute atomic E-state index is 10.3. The Labute approximate surface area is 136 Å². The molecule has 22 heavy (non-hydrogen) atoms. The second-order valence-corrected chi connectivity index (χ2v) is 8.41. The molecular formula is C20H34O2. The van der Waals surface area contributed by atoms with Gasteiger partial charge in [0.15, 0.2) is 0 Å². The molecule has 0 aliphatic heterocycles. The average Bonchev–Trinajstić information content (AvgIpc) is 2.75. The van der Waals surface area contributed by atoms with Crippen LogP contribution in [0.2, 0.25) is 0 Å². The fraction of sp³-hybridized carbons (Fsp3) is 0.800. The highest BCUT2D eigenvalue weighted by atomic mass is 16.3. The quantitative estimate of drug-likeness (QED) is 0.736. The lowest BCUT2D eigenvalue weighted by molar-refractivity contribution is -0.0266. The van der Waals surface area contributed by atoms with Gasteiger partial charge in [-0.25, -0.2) is 0 Å². The van der Waals surface area contributed by atoms with Crippen molar-refractivity contribution >= 4 is 0 Å². The molecule has 0 unspecified atom stereocenters. The summed E-state index contributed by atoms with van der Waals surface area (Å²) < 4.78 is 0. The average molecular weight is 306 g/mol. The van der Waals surface area contributed by atoms with E-state index in [-0.39, 0.29) is 6.10 Å². The molecule has 126 valence electrons. The first-order valence-electron chi connectivity index (χ1n) is 8.99. The topological polar surface area (TPSA) is 40.5 Å². The molecule has 0 saturated heterocycles. The molecule has 0 spiro atoms. The van der Waals surface area contributed by atoms with Gasteiger partial charge in [-0.05, 0) is 69.1 Å². The van der Waals surface area contributed by atoms with Crippen LogP contribution in [0.3, 0.4) is 0 Å². The Bertz CT molecular complexity index is 418. The predicted octanol–water partition coefficient (Wildman–Crippen LogP) is 4.47. The smallest absolute Gasteiger partial charge is 0.0774 e. The van der Waals surface area contributed by atoms with Crippen LogP contribution in [0.15, 0.2) is 24.3 Å². The summed E-state index contributed by atoms with van der Waals surface area (Å²) >= 11 is 0. The van der Waals surface area contributed by atoms with Gasteiger partial charge in [0.1, 0.15) is 0 Å². The van der Waals surface area contributed by atoms with E-state index in [4.69, 9.17) is 0 Å². The van der Waals surface area contributed by atoms with E-state index in [0.29, 0.717) is 17.3 Å². The van der Waals surface area contributed by atoms with Crippen LogP contribution >= 0.6 is 0 Å². The van der Waals surface area contributed by atoms with Gasteiger partial charge in [0.25, 0.3) is 0 Å². The van der Waals surface area contributed by atoms with E-state index in [1.165, 1.54) is 25.7 Å².